The van der Waals surface area contributed by atoms with Crippen molar-refractivity contribution in [3.8, 4) is 11.4 Å². The van der Waals surface area contributed by atoms with Crippen LogP contribution in [0.4, 0.5) is 0 Å². The molecule has 0 radical (unpaired) electrons. The van der Waals surface area contributed by atoms with Gasteiger partial charge in [-0.15, -0.1) is 0 Å². The Kier molecular flexibility index (Phi) is 4.97. The number of hydrogen-bond acceptors (Lipinski definition) is 6. The minimum atomic E-state index is 0.0389. The Bertz CT molecular complexity index is 803. The summed E-state index contributed by atoms with van der Waals surface area (Å²) in [6.07, 6.45) is 2.46. The molecular weight excluding hydrogens is 342 g/mol. The number of nitrogens with zero attached hydrogens (tertiary/aromatic N) is 4. The Balaban J connectivity index is 1.45. The van der Waals surface area contributed by atoms with Gasteiger partial charge in [0.15, 0.2) is 0 Å². The van der Waals surface area contributed by atoms with Crippen LogP contribution in [0.2, 0.25) is 0 Å². The molecule has 27 heavy (non-hydrogen) atoms. The molecule has 1 N–H and O–H groups in total. The first-order valence-electron chi connectivity index (χ1n) is 9.64. The number of nitrogens with one attached hydrogen (secondary N) is 1. The lowest BCUT2D eigenvalue weighted by Gasteiger charge is -2.49. The third kappa shape index (κ3) is 3.89. The van der Waals surface area contributed by atoms with E-state index < -0.39 is 0 Å². The Morgan fingerprint density at radius 2 is 2.04 bits per heavy atom. The van der Waals surface area contributed by atoms with E-state index in [0.717, 1.165) is 44.6 Å². The van der Waals surface area contributed by atoms with Gasteiger partial charge in [0.2, 0.25) is 17.6 Å². The number of carbonyl (C=O) groups excluding carboxylic acids is 1. The molecule has 0 aliphatic carbocycles. The third-order valence-electron chi connectivity index (χ3n) is 5.95. The van der Waals surface area contributed by atoms with Gasteiger partial charge in [0.25, 0.3) is 0 Å². The topological polar surface area (TPSA) is 74.5 Å². The molecule has 0 bridgehead atoms. The zero-order valence-corrected chi connectivity index (χ0v) is 16.1. The average molecular weight is 369 g/mol. The number of aryl methyl sites for hydroxylation is 1. The summed E-state index contributed by atoms with van der Waals surface area (Å²) in [6, 6.07) is 8.14. The number of rotatable bonds is 3. The number of amides is 1. The average Bonchev–Trinajstić information content (AvgIpc) is 3.04. The second kappa shape index (κ2) is 7.40. The molecule has 7 nitrogen and oxygen atoms in total. The summed E-state index contributed by atoms with van der Waals surface area (Å²) < 4.78 is 5.51. The molecule has 2 saturated heterocycles. The predicted octanol–water partition coefficient (Wildman–Crippen LogP) is 1.83. The molecule has 1 amide bonds. The number of likely N-dealkylation sites (N-methyl/N-ethyl adjacent to an activating group) is 1. The Morgan fingerprint density at radius 1 is 1.22 bits per heavy atom. The van der Waals surface area contributed by atoms with Crippen LogP contribution in [0.1, 0.15) is 30.7 Å². The molecule has 3 heterocycles. The van der Waals surface area contributed by atoms with Gasteiger partial charge in [-0.3, -0.25) is 14.6 Å². The van der Waals surface area contributed by atoms with Gasteiger partial charge in [0.1, 0.15) is 0 Å². The SMILES string of the molecule is Cc1ccc(-c2noc(CN3CCN(C)[C@]4(CCNC(=O)CC4)C3)n2)cc1. The first kappa shape index (κ1) is 18.1. The fourth-order valence-corrected chi connectivity index (χ4v) is 4.14. The summed E-state index contributed by atoms with van der Waals surface area (Å²) in [6.45, 7) is 6.31. The van der Waals surface area contributed by atoms with Crippen molar-refractivity contribution in [3.63, 3.8) is 0 Å². The predicted molar refractivity (Wildman–Crippen MR) is 102 cm³/mol. The molecule has 7 heteroatoms. The highest BCUT2D eigenvalue weighted by Gasteiger charge is 2.41. The van der Waals surface area contributed by atoms with Crippen molar-refractivity contribution in [2.45, 2.75) is 38.3 Å². The van der Waals surface area contributed by atoms with Gasteiger partial charge >= 0.3 is 0 Å². The zero-order chi connectivity index (χ0) is 18.9. The molecule has 2 aliphatic rings. The normalized spacial score (nSPS) is 24.7. The van der Waals surface area contributed by atoms with Crippen molar-refractivity contribution in [3.05, 3.63) is 35.7 Å². The summed E-state index contributed by atoms with van der Waals surface area (Å²) in [5.74, 6) is 1.45. The standard InChI is InChI=1S/C20H27N5O2/c1-15-3-5-16(6-4-15)19-22-18(27-23-19)13-25-12-11-24(2)20(14-25)8-7-17(26)21-10-9-20/h3-6H,7-14H2,1-2H3,(H,21,26)/t20-/m1/s1. The smallest absolute Gasteiger partial charge is 0.241 e. The van der Waals surface area contributed by atoms with E-state index in [2.05, 4.69) is 51.4 Å². The van der Waals surface area contributed by atoms with Gasteiger partial charge in [0, 0.05) is 43.7 Å². The van der Waals surface area contributed by atoms with E-state index in [1.807, 2.05) is 12.1 Å². The van der Waals surface area contributed by atoms with Crippen LogP contribution in [0, 0.1) is 6.92 Å². The molecule has 1 atom stereocenters. The van der Waals surface area contributed by atoms with Crippen LogP contribution < -0.4 is 5.32 Å². The van der Waals surface area contributed by atoms with E-state index in [4.69, 9.17) is 4.52 Å². The lowest BCUT2D eigenvalue weighted by molar-refractivity contribution is -0.121. The van der Waals surface area contributed by atoms with Gasteiger partial charge in [-0.25, -0.2) is 0 Å². The van der Waals surface area contributed by atoms with Crippen LogP contribution in [0.25, 0.3) is 11.4 Å². The molecule has 4 rings (SSSR count). The number of aromatic nitrogens is 2. The molecule has 0 saturated carbocycles. The van der Waals surface area contributed by atoms with Crippen LogP contribution in [0.15, 0.2) is 28.8 Å². The van der Waals surface area contributed by atoms with Gasteiger partial charge in [-0.1, -0.05) is 35.0 Å². The van der Waals surface area contributed by atoms with E-state index in [1.54, 1.807) is 0 Å². The van der Waals surface area contributed by atoms with Crippen molar-refractivity contribution in [2.24, 2.45) is 0 Å². The summed E-state index contributed by atoms with van der Waals surface area (Å²) in [5, 5.41) is 7.15. The van der Waals surface area contributed by atoms with Crippen molar-refractivity contribution >= 4 is 5.91 Å². The molecule has 2 fully saturated rings. The van der Waals surface area contributed by atoms with Gasteiger partial charge in [-0.2, -0.15) is 4.98 Å². The van der Waals surface area contributed by atoms with Crippen LogP contribution in [0.5, 0.6) is 0 Å². The van der Waals surface area contributed by atoms with E-state index >= 15 is 0 Å². The lowest BCUT2D eigenvalue weighted by Crippen LogP contribution is -2.60. The summed E-state index contributed by atoms with van der Waals surface area (Å²) in [7, 11) is 2.18. The number of carbonyl (C=O) groups is 1. The first-order valence-corrected chi connectivity index (χ1v) is 9.64. The molecule has 1 aromatic carbocycles. The molecular formula is C20H27N5O2. The minimum Gasteiger partial charge on any atom is -0.356 e. The van der Waals surface area contributed by atoms with Crippen molar-refractivity contribution in [2.75, 3.05) is 33.2 Å². The maximum Gasteiger partial charge on any atom is 0.241 e. The summed E-state index contributed by atoms with van der Waals surface area (Å²) in [5.41, 5.74) is 2.22. The third-order valence-corrected chi connectivity index (χ3v) is 5.95. The number of hydrogen-bond donors (Lipinski definition) is 1. The fourth-order valence-electron chi connectivity index (χ4n) is 4.14. The van der Waals surface area contributed by atoms with E-state index in [1.165, 1.54) is 5.56 Å². The largest absolute Gasteiger partial charge is 0.356 e. The molecule has 0 unspecified atom stereocenters. The molecule has 1 aromatic heterocycles. The molecule has 144 valence electrons. The highest BCUT2D eigenvalue weighted by atomic mass is 16.5. The Morgan fingerprint density at radius 3 is 2.85 bits per heavy atom. The maximum absolute atomic E-state index is 11.8. The van der Waals surface area contributed by atoms with Crippen molar-refractivity contribution in [1.29, 1.82) is 0 Å². The van der Waals surface area contributed by atoms with Crippen molar-refractivity contribution in [1.82, 2.24) is 25.3 Å². The van der Waals surface area contributed by atoms with Gasteiger partial charge in [-0.05, 0) is 26.8 Å². The lowest BCUT2D eigenvalue weighted by atomic mass is 9.86. The summed E-state index contributed by atoms with van der Waals surface area (Å²) >= 11 is 0. The minimum absolute atomic E-state index is 0.0389. The monoisotopic (exact) mass is 369 g/mol. The van der Waals surface area contributed by atoms with Crippen LogP contribution in [-0.2, 0) is 11.3 Å². The zero-order valence-electron chi connectivity index (χ0n) is 16.1. The van der Waals surface area contributed by atoms with E-state index in [0.29, 0.717) is 24.7 Å². The van der Waals surface area contributed by atoms with Gasteiger partial charge in [0.05, 0.1) is 6.54 Å². The highest BCUT2D eigenvalue weighted by molar-refractivity contribution is 5.76. The fraction of sp³-hybridized carbons (Fsp3) is 0.550. The van der Waals surface area contributed by atoms with E-state index in [9.17, 15) is 4.79 Å². The van der Waals surface area contributed by atoms with Gasteiger partial charge < -0.3 is 9.84 Å². The molecule has 2 aromatic rings. The number of benzene rings is 1. The second-order valence-corrected chi connectivity index (χ2v) is 7.83. The van der Waals surface area contributed by atoms with Crippen molar-refractivity contribution < 1.29 is 9.32 Å². The number of piperazine rings is 1. The highest BCUT2D eigenvalue weighted by Crippen LogP contribution is 2.31. The van der Waals surface area contributed by atoms with Crippen LogP contribution >= 0.6 is 0 Å². The van der Waals surface area contributed by atoms with Crippen LogP contribution in [-0.4, -0.2) is 64.6 Å². The molecule has 2 aliphatic heterocycles. The Hall–Kier alpha value is -2.25. The first-order chi connectivity index (χ1) is 13.0. The molecule has 1 spiro atoms. The quantitative estimate of drug-likeness (QED) is 0.890. The summed E-state index contributed by atoms with van der Waals surface area (Å²) in [4.78, 5) is 21.2. The Labute approximate surface area is 159 Å². The van der Waals surface area contributed by atoms with Crippen LogP contribution in [0.3, 0.4) is 0 Å². The maximum atomic E-state index is 11.8. The van der Waals surface area contributed by atoms with E-state index in [-0.39, 0.29) is 11.4 Å². The second-order valence-electron chi connectivity index (χ2n) is 7.83.